The molecule has 0 amide bonds. The van der Waals surface area contributed by atoms with E-state index in [0.717, 1.165) is 17.9 Å². The van der Waals surface area contributed by atoms with Crippen LogP contribution in [0.2, 0.25) is 0 Å². The molecule has 130 valence electrons. The highest BCUT2D eigenvalue weighted by Crippen LogP contribution is 2.23. The summed E-state index contributed by atoms with van der Waals surface area (Å²) in [6.45, 7) is 4.99. The highest BCUT2D eigenvalue weighted by Gasteiger charge is 2.07. The average molecular weight is 328 g/mol. The molecule has 1 saturated carbocycles. The maximum Gasteiger partial charge on any atom is 0.130 e. The Hall–Kier alpha value is -1.83. The number of rotatable bonds is 5. The van der Waals surface area contributed by atoms with Crippen molar-refractivity contribution >= 4 is 0 Å². The molecule has 0 N–H and O–H groups in total. The van der Waals surface area contributed by atoms with E-state index in [1.165, 1.54) is 31.7 Å². The summed E-state index contributed by atoms with van der Waals surface area (Å²) in [5.41, 5.74) is 1.81. The first-order valence-corrected chi connectivity index (χ1v) is 9.14. The third-order valence-electron chi connectivity index (χ3n) is 4.38. The predicted molar refractivity (Wildman–Crippen MR) is 99.1 cm³/mol. The van der Waals surface area contributed by atoms with Crippen LogP contribution < -0.4 is 4.74 Å². The fraction of sp³-hybridized carbons (Fsp3) is 0.455. The van der Waals surface area contributed by atoms with Crippen LogP contribution in [-0.4, -0.2) is 6.61 Å². The molecule has 0 heterocycles. The van der Waals surface area contributed by atoms with E-state index < -0.39 is 0 Å². The molecule has 0 aromatic heterocycles. The van der Waals surface area contributed by atoms with Crippen LogP contribution in [0.1, 0.15) is 57.1 Å². The van der Waals surface area contributed by atoms with Crippen LogP contribution in [0.3, 0.4) is 0 Å². The van der Waals surface area contributed by atoms with E-state index in [9.17, 15) is 4.39 Å². The van der Waals surface area contributed by atoms with E-state index in [1.807, 2.05) is 43.3 Å². The van der Waals surface area contributed by atoms with Crippen LogP contribution in [0.25, 0.3) is 0 Å². The predicted octanol–water partition coefficient (Wildman–Crippen LogP) is 6.40. The van der Waals surface area contributed by atoms with Crippen molar-refractivity contribution in [2.24, 2.45) is 5.92 Å². The Kier molecular flexibility index (Phi) is 7.81. The molecule has 0 aliphatic heterocycles. The highest BCUT2D eigenvalue weighted by atomic mass is 19.1. The first-order chi connectivity index (χ1) is 11.7. The fourth-order valence-electron chi connectivity index (χ4n) is 2.93. The first-order valence-electron chi connectivity index (χ1n) is 9.14. The number of hydrogen-bond donors (Lipinski definition) is 0. The smallest absolute Gasteiger partial charge is 0.130 e. The van der Waals surface area contributed by atoms with Crippen molar-refractivity contribution in [1.29, 1.82) is 0 Å². The van der Waals surface area contributed by atoms with Crippen LogP contribution in [0.15, 0.2) is 48.5 Å². The monoisotopic (exact) mass is 328 g/mol. The molecule has 0 atom stereocenters. The Morgan fingerprint density at radius 2 is 1.75 bits per heavy atom. The minimum absolute atomic E-state index is 0.201. The Morgan fingerprint density at radius 1 is 1.04 bits per heavy atom. The summed E-state index contributed by atoms with van der Waals surface area (Å²) in [5, 5.41) is 0. The van der Waals surface area contributed by atoms with Gasteiger partial charge in [0, 0.05) is 12.5 Å². The maximum absolute atomic E-state index is 13.9. The molecule has 2 aromatic carbocycles. The van der Waals surface area contributed by atoms with Crippen LogP contribution in [0, 0.1) is 11.7 Å². The Balaban J connectivity index is 0.000000292. The Labute approximate surface area is 145 Å². The minimum Gasteiger partial charge on any atom is -0.494 e. The highest BCUT2D eigenvalue weighted by molar-refractivity contribution is 5.32. The van der Waals surface area contributed by atoms with Crippen LogP contribution >= 0.6 is 0 Å². The van der Waals surface area contributed by atoms with Gasteiger partial charge in [-0.1, -0.05) is 75.9 Å². The molecular weight excluding hydrogens is 299 g/mol. The molecule has 0 unspecified atom stereocenters. The summed E-state index contributed by atoms with van der Waals surface area (Å²) in [7, 11) is 0. The Morgan fingerprint density at radius 3 is 2.29 bits per heavy atom. The number of hydrogen-bond acceptors (Lipinski definition) is 1. The van der Waals surface area contributed by atoms with E-state index >= 15 is 0 Å². The minimum atomic E-state index is -0.201. The van der Waals surface area contributed by atoms with Crippen LogP contribution in [0.4, 0.5) is 4.39 Å². The van der Waals surface area contributed by atoms with Crippen LogP contribution in [-0.2, 0) is 6.42 Å². The van der Waals surface area contributed by atoms with Gasteiger partial charge in [-0.3, -0.25) is 0 Å². The van der Waals surface area contributed by atoms with Crippen molar-refractivity contribution in [2.45, 2.75) is 52.4 Å². The molecule has 3 rings (SSSR count). The van der Waals surface area contributed by atoms with E-state index in [0.29, 0.717) is 24.3 Å². The molecule has 2 aromatic rings. The Bertz CT molecular complexity index is 588. The molecule has 2 heteroatoms. The molecule has 0 bridgehead atoms. The normalized spacial score (nSPS) is 14.1. The third-order valence-corrected chi connectivity index (χ3v) is 4.38. The molecule has 24 heavy (non-hydrogen) atoms. The standard InChI is InChI=1S/C16H17FO.C6H12/c1-2-10-18-15-9-8-14(16(17)12-15)11-13-6-4-3-5-7-13;1-6-4-2-3-5-6/h3-9,12H,2,10-11H2,1H3;6H,2-5H2,1H3. The lowest BCUT2D eigenvalue weighted by atomic mass is 10.0. The topological polar surface area (TPSA) is 9.23 Å². The zero-order valence-corrected chi connectivity index (χ0v) is 14.9. The molecule has 1 nitrogen and oxygen atoms in total. The van der Waals surface area contributed by atoms with Crippen molar-refractivity contribution < 1.29 is 9.13 Å². The van der Waals surface area contributed by atoms with E-state index in [4.69, 9.17) is 4.74 Å². The zero-order chi connectivity index (χ0) is 17.2. The molecule has 1 aliphatic carbocycles. The largest absolute Gasteiger partial charge is 0.494 e. The summed E-state index contributed by atoms with van der Waals surface area (Å²) in [6.07, 6.45) is 7.48. The van der Waals surface area contributed by atoms with Gasteiger partial charge in [-0.05, 0) is 29.5 Å². The van der Waals surface area contributed by atoms with Gasteiger partial charge >= 0.3 is 0 Å². The van der Waals surface area contributed by atoms with Gasteiger partial charge in [0.1, 0.15) is 11.6 Å². The SMILES string of the molecule is CC1CCCC1.CCCOc1ccc(Cc2ccccc2)c(F)c1. The van der Waals surface area contributed by atoms with Gasteiger partial charge in [-0.25, -0.2) is 4.39 Å². The zero-order valence-electron chi connectivity index (χ0n) is 14.9. The van der Waals surface area contributed by atoms with Gasteiger partial charge in [0.05, 0.1) is 6.61 Å². The van der Waals surface area contributed by atoms with Crippen molar-refractivity contribution in [1.82, 2.24) is 0 Å². The van der Waals surface area contributed by atoms with E-state index in [-0.39, 0.29) is 5.82 Å². The maximum atomic E-state index is 13.9. The van der Waals surface area contributed by atoms with Crippen LogP contribution in [0.5, 0.6) is 5.75 Å². The van der Waals surface area contributed by atoms with Gasteiger partial charge < -0.3 is 4.74 Å². The third kappa shape index (κ3) is 6.35. The summed E-state index contributed by atoms with van der Waals surface area (Å²) < 4.78 is 19.3. The fourth-order valence-corrected chi connectivity index (χ4v) is 2.93. The van der Waals surface area contributed by atoms with Gasteiger partial charge in [-0.2, -0.15) is 0 Å². The second-order valence-electron chi connectivity index (χ2n) is 6.65. The number of halogens is 1. The van der Waals surface area contributed by atoms with Crippen molar-refractivity contribution in [3.05, 3.63) is 65.5 Å². The quantitative estimate of drug-likeness (QED) is 0.617. The van der Waals surface area contributed by atoms with E-state index in [2.05, 4.69) is 6.92 Å². The molecule has 0 spiro atoms. The van der Waals surface area contributed by atoms with Crippen molar-refractivity contribution in [3.8, 4) is 5.75 Å². The second kappa shape index (κ2) is 10.1. The van der Waals surface area contributed by atoms with Crippen molar-refractivity contribution in [3.63, 3.8) is 0 Å². The van der Waals surface area contributed by atoms with E-state index in [1.54, 1.807) is 6.07 Å². The molecule has 0 radical (unpaired) electrons. The summed E-state index contributed by atoms with van der Waals surface area (Å²) in [4.78, 5) is 0. The molecular formula is C22H29FO. The van der Waals surface area contributed by atoms with Gasteiger partial charge in [0.15, 0.2) is 0 Å². The second-order valence-corrected chi connectivity index (χ2v) is 6.65. The van der Waals surface area contributed by atoms with Gasteiger partial charge in [0.25, 0.3) is 0 Å². The lowest BCUT2D eigenvalue weighted by Crippen LogP contribution is -1.98. The summed E-state index contributed by atoms with van der Waals surface area (Å²) >= 11 is 0. The lowest BCUT2D eigenvalue weighted by molar-refractivity contribution is 0.315. The molecule has 0 saturated heterocycles. The number of ether oxygens (including phenoxy) is 1. The first kappa shape index (κ1) is 18.5. The summed E-state index contributed by atoms with van der Waals surface area (Å²) in [6, 6.07) is 15.0. The number of benzene rings is 2. The average Bonchev–Trinajstić information content (AvgIpc) is 3.08. The van der Waals surface area contributed by atoms with Gasteiger partial charge in [-0.15, -0.1) is 0 Å². The van der Waals surface area contributed by atoms with Gasteiger partial charge in [0.2, 0.25) is 0 Å². The lowest BCUT2D eigenvalue weighted by Gasteiger charge is -2.07. The molecule has 1 fully saturated rings. The van der Waals surface area contributed by atoms with Crippen molar-refractivity contribution in [2.75, 3.05) is 6.61 Å². The summed E-state index contributed by atoms with van der Waals surface area (Å²) in [5.74, 6) is 1.45. The molecule has 1 aliphatic rings.